The van der Waals surface area contributed by atoms with E-state index in [1.807, 2.05) is 12.1 Å². The van der Waals surface area contributed by atoms with Crippen molar-refractivity contribution in [3.05, 3.63) is 52.6 Å². The SMILES string of the molecule is CCCCc1ccc(-c2ccc(C=C3SC(=S)N(C4CCCC(C(=O)O)C4)C3=O)o2)cc1. The van der Waals surface area contributed by atoms with Crippen LogP contribution in [-0.2, 0) is 16.0 Å². The molecule has 2 unspecified atom stereocenters. The van der Waals surface area contributed by atoms with E-state index >= 15 is 0 Å². The van der Waals surface area contributed by atoms with E-state index in [1.54, 1.807) is 11.0 Å². The Balaban J connectivity index is 1.47. The van der Waals surface area contributed by atoms with Crippen LogP contribution in [0.1, 0.15) is 56.8 Å². The van der Waals surface area contributed by atoms with Crippen LogP contribution in [0.25, 0.3) is 17.4 Å². The molecule has 1 aromatic heterocycles. The van der Waals surface area contributed by atoms with Crippen LogP contribution in [0.4, 0.5) is 0 Å². The number of thiocarbonyl (C=S) groups is 1. The van der Waals surface area contributed by atoms with Gasteiger partial charge in [0.25, 0.3) is 5.91 Å². The van der Waals surface area contributed by atoms with Gasteiger partial charge in [-0.25, -0.2) is 0 Å². The number of aryl methyl sites for hydroxylation is 1. The topological polar surface area (TPSA) is 70.8 Å². The zero-order chi connectivity index (χ0) is 22.7. The van der Waals surface area contributed by atoms with E-state index in [0.717, 1.165) is 30.6 Å². The number of carboxylic acids is 1. The number of thioether (sulfide) groups is 1. The first-order valence-corrected chi connectivity index (χ1v) is 12.4. The van der Waals surface area contributed by atoms with E-state index < -0.39 is 11.9 Å². The number of rotatable bonds is 7. The molecule has 4 rings (SSSR count). The Morgan fingerprint density at radius 2 is 2.03 bits per heavy atom. The molecule has 1 amide bonds. The van der Waals surface area contributed by atoms with E-state index in [2.05, 4.69) is 31.2 Å². The predicted octanol–water partition coefficient (Wildman–Crippen LogP) is 6.13. The van der Waals surface area contributed by atoms with Gasteiger partial charge in [-0.2, -0.15) is 0 Å². The Hall–Kier alpha value is -2.38. The highest BCUT2D eigenvalue weighted by Crippen LogP contribution is 2.39. The molecule has 0 radical (unpaired) electrons. The van der Waals surface area contributed by atoms with Crippen LogP contribution in [0.5, 0.6) is 0 Å². The predicted molar refractivity (Wildman–Crippen MR) is 131 cm³/mol. The molecular formula is C25H27NO4S2. The molecule has 1 N–H and O–H groups in total. The Morgan fingerprint density at radius 3 is 2.75 bits per heavy atom. The molecule has 1 saturated carbocycles. The van der Waals surface area contributed by atoms with Crippen LogP contribution in [-0.4, -0.2) is 32.2 Å². The van der Waals surface area contributed by atoms with Crippen LogP contribution >= 0.6 is 24.0 Å². The number of hydrogen-bond donors (Lipinski definition) is 1. The summed E-state index contributed by atoms with van der Waals surface area (Å²) in [4.78, 5) is 26.6. The molecule has 0 spiro atoms. The molecule has 0 bridgehead atoms. The third-order valence-electron chi connectivity index (χ3n) is 6.14. The van der Waals surface area contributed by atoms with Gasteiger partial charge >= 0.3 is 5.97 Å². The summed E-state index contributed by atoms with van der Waals surface area (Å²) >= 11 is 6.73. The van der Waals surface area contributed by atoms with Gasteiger partial charge in [0.15, 0.2) is 0 Å². The lowest BCUT2D eigenvalue weighted by Gasteiger charge is -2.32. The lowest BCUT2D eigenvalue weighted by atomic mass is 9.85. The fraction of sp³-hybridized carbons (Fsp3) is 0.400. The number of carbonyl (C=O) groups is 2. The van der Waals surface area contributed by atoms with Gasteiger partial charge in [-0.3, -0.25) is 14.5 Å². The maximum Gasteiger partial charge on any atom is 0.306 e. The molecule has 1 aliphatic heterocycles. The second-order valence-electron chi connectivity index (χ2n) is 8.41. The largest absolute Gasteiger partial charge is 0.481 e. The number of nitrogens with zero attached hydrogens (tertiary/aromatic N) is 1. The zero-order valence-electron chi connectivity index (χ0n) is 18.1. The smallest absolute Gasteiger partial charge is 0.306 e. The van der Waals surface area contributed by atoms with Crippen molar-refractivity contribution in [3.63, 3.8) is 0 Å². The number of furan rings is 1. The van der Waals surface area contributed by atoms with Gasteiger partial charge in [0.2, 0.25) is 0 Å². The van der Waals surface area contributed by atoms with Gasteiger partial charge in [0, 0.05) is 17.7 Å². The van der Waals surface area contributed by atoms with Crippen molar-refractivity contribution in [2.45, 2.75) is 57.9 Å². The summed E-state index contributed by atoms with van der Waals surface area (Å²) in [6.07, 6.45) is 7.85. The summed E-state index contributed by atoms with van der Waals surface area (Å²) in [5.74, 6) is -0.0113. The van der Waals surface area contributed by atoms with Gasteiger partial charge in [0.1, 0.15) is 15.8 Å². The first-order valence-electron chi connectivity index (χ1n) is 11.1. The standard InChI is InChI=1S/C25H27NO4S2/c1-2-3-5-16-8-10-17(11-9-16)21-13-12-20(30-21)15-22-23(27)26(25(31)32-22)19-7-4-6-18(14-19)24(28)29/h8-13,15,18-19H,2-7,14H2,1H3,(H,28,29). The van der Waals surface area contributed by atoms with Crippen molar-refractivity contribution in [2.24, 2.45) is 5.92 Å². The Kier molecular flexibility index (Phi) is 7.16. The monoisotopic (exact) mass is 469 g/mol. The lowest BCUT2D eigenvalue weighted by Crippen LogP contribution is -2.42. The minimum Gasteiger partial charge on any atom is -0.481 e. The van der Waals surface area contributed by atoms with Crippen molar-refractivity contribution in [1.82, 2.24) is 4.90 Å². The minimum atomic E-state index is -0.794. The molecule has 2 heterocycles. The summed E-state index contributed by atoms with van der Waals surface area (Å²) in [5.41, 5.74) is 2.32. The highest BCUT2D eigenvalue weighted by molar-refractivity contribution is 8.26. The van der Waals surface area contributed by atoms with Crippen LogP contribution in [0.15, 0.2) is 45.7 Å². The molecule has 1 aromatic carbocycles. The van der Waals surface area contributed by atoms with Crippen molar-refractivity contribution in [2.75, 3.05) is 0 Å². The van der Waals surface area contributed by atoms with E-state index in [4.69, 9.17) is 16.6 Å². The number of amides is 1. The highest BCUT2D eigenvalue weighted by atomic mass is 32.2. The van der Waals surface area contributed by atoms with E-state index in [-0.39, 0.29) is 11.9 Å². The van der Waals surface area contributed by atoms with E-state index in [0.29, 0.717) is 27.8 Å². The van der Waals surface area contributed by atoms with Crippen molar-refractivity contribution >= 4 is 46.3 Å². The number of benzene rings is 1. The van der Waals surface area contributed by atoms with Crippen LogP contribution in [0, 0.1) is 5.92 Å². The Morgan fingerprint density at radius 1 is 1.25 bits per heavy atom. The molecule has 1 aliphatic carbocycles. The molecule has 168 valence electrons. The van der Waals surface area contributed by atoms with Crippen molar-refractivity contribution in [1.29, 1.82) is 0 Å². The number of carbonyl (C=O) groups excluding carboxylic acids is 1. The first kappa shape index (κ1) is 22.8. The number of aliphatic carboxylic acids is 1. The molecule has 2 aromatic rings. The third-order valence-corrected chi connectivity index (χ3v) is 7.47. The van der Waals surface area contributed by atoms with Gasteiger partial charge in [-0.15, -0.1) is 0 Å². The van der Waals surface area contributed by atoms with Crippen LogP contribution < -0.4 is 0 Å². The molecule has 7 heteroatoms. The second-order valence-corrected chi connectivity index (χ2v) is 10.1. The summed E-state index contributed by atoms with van der Waals surface area (Å²) in [5, 5.41) is 9.36. The van der Waals surface area contributed by atoms with Crippen LogP contribution in [0.3, 0.4) is 0 Å². The van der Waals surface area contributed by atoms with E-state index in [9.17, 15) is 14.7 Å². The fourth-order valence-electron chi connectivity index (χ4n) is 4.35. The highest BCUT2D eigenvalue weighted by Gasteiger charge is 2.40. The van der Waals surface area contributed by atoms with Crippen LogP contribution in [0.2, 0.25) is 0 Å². The lowest BCUT2D eigenvalue weighted by molar-refractivity contribution is -0.144. The zero-order valence-corrected chi connectivity index (χ0v) is 19.7. The van der Waals surface area contributed by atoms with Gasteiger partial charge < -0.3 is 9.52 Å². The second kappa shape index (κ2) is 10.0. The molecule has 2 fully saturated rings. The normalized spacial score (nSPS) is 22.7. The van der Waals surface area contributed by atoms with Crippen molar-refractivity contribution < 1.29 is 19.1 Å². The Bertz CT molecular complexity index is 1040. The third kappa shape index (κ3) is 4.99. The molecule has 32 heavy (non-hydrogen) atoms. The van der Waals surface area contributed by atoms with E-state index in [1.165, 1.54) is 30.2 Å². The number of hydrogen-bond acceptors (Lipinski definition) is 5. The quantitative estimate of drug-likeness (QED) is 0.388. The Labute approximate surface area is 197 Å². The molecule has 5 nitrogen and oxygen atoms in total. The number of carboxylic acid groups (broad SMARTS) is 1. The number of unbranched alkanes of at least 4 members (excludes halogenated alkanes) is 1. The maximum atomic E-state index is 13.1. The summed E-state index contributed by atoms with van der Waals surface area (Å²) in [6, 6.07) is 12.0. The van der Waals surface area contributed by atoms with Gasteiger partial charge in [-0.1, -0.05) is 68.0 Å². The molecule has 1 saturated heterocycles. The summed E-state index contributed by atoms with van der Waals surface area (Å²) in [6.45, 7) is 2.19. The minimum absolute atomic E-state index is 0.151. The average Bonchev–Trinajstić information content (AvgIpc) is 3.37. The summed E-state index contributed by atoms with van der Waals surface area (Å²) in [7, 11) is 0. The maximum absolute atomic E-state index is 13.1. The van der Waals surface area contributed by atoms with Crippen molar-refractivity contribution in [3.8, 4) is 11.3 Å². The van der Waals surface area contributed by atoms with Gasteiger partial charge in [0.05, 0.1) is 10.8 Å². The molecular weight excluding hydrogens is 442 g/mol. The molecule has 2 aliphatic rings. The summed E-state index contributed by atoms with van der Waals surface area (Å²) < 4.78 is 6.48. The van der Waals surface area contributed by atoms with Gasteiger partial charge in [-0.05, 0) is 49.8 Å². The fourth-order valence-corrected chi connectivity index (χ4v) is 5.73. The first-order chi connectivity index (χ1) is 15.5. The average molecular weight is 470 g/mol. The molecule has 2 atom stereocenters.